The Kier molecular flexibility index (Phi) is 5.50. The number of rotatable bonds is 5. The Morgan fingerprint density at radius 2 is 1.69 bits per heavy atom. The highest BCUT2D eigenvalue weighted by molar-refractivity contribution is 9.10. The Hall–Kier alpha value is -0.340. The van der Waals surface area contributed by atoms with Crippen molar-refractivity contribution in [2.24, 2.45) is 0 Å². The first-order chi connectivity index (χ1) is 7.47. The van der Waals surface area contributed by atoms with E-state index in [1.807, 2.05) is 0 Å². The van der Waals surface area contributed by atoms with E-state index >= 15 is 0 Å². The van der Waals surface area contributed by atoms with Gasteiger partial charge in [0.05, 0.1) is 0 Å². The highest BCUT2D eigenvalue weighted by Gasteiger charge is 2.06. The first-order valence-electron chi connectivity index (χ1n) is 5.97. The molecular formula is C14H22BrN. The number of benzene rings is 1. The lowest BCUT2D eigenvalue weighted by atomic mass is 10.1. The highest BCUT2D eigenvalue weighted by atomic mass is 79.9. The Balaban J connectivity index is 2.14. The van der Waals surface area contributed by atoms with Crippen LogP contribution in [0.5, 0.6) is 0 Å². The summed E-state index contributed by atoms with van der Waals surface area (Å²) in [7, 11) is 0. The summed E-state index contributed by atoms with van der Waals surface area (Å²) >= 11 is 3.45. The summed E-state index contributed by atoms with van der Waals surface area (Å²) in [6.45, 7) is 7.74. The van der Waals surface area contributed by atoms with Gasteiger partial charge in [-0.05, 0) is 64.3 Å². The molecule has 0 radical (unpaired) electrons. The predicted molar refractivity (Wildman–Crippen MR) is 74.8 cm³/mol. The lowest BCUT2D eigenvalue weighted by Gasteiger charge is -2.20. The van der Waals surface area contributed by atoms with E-state index in [0.717, 1.165) is 11.0 Å². The van der Waals surface area contributed by atoms with Gasteiger partial charge in [-0.1, -0.05) is 28.1 Å². The summed E-state index contributed by atoms with van der Waals surface area (Å²) in [5, 5.41) is 3.51. The second-order valence-electron chi connectivity index (χ2n) is 5.26. The maximum absolute atomic E-state index is 3.51. The van der Waals surface area contributed by atoms with Crippen molar-refractivity contribution in [3.63, 3.8) is 0 Å². The fourth-order valence-electron chi connectivity index (χ4n) is 1.57. The molecule has 1 N–H and O–H groups in total. The minimum absolute atomic E-state index is 0.248. The lowest BCUT2D eigenvalue weighted by molar-refractivity contribution is 0.419. The van der Waals surface area contributed by atoms with Gasteiger partial charge in [-0.2, -0.15) is 0 Å². The van der Waals surface area contributed by atoms with Crippen LogP contribution >= 0.6 is 15.9 Å². The smallest absolute Gasteiger partial charge is 0.0175 e. The van der Waals surface area contributed by atoms with Crippen molar-refractivity contribution in [3.05, 3.63) is 34.3 Å². The molecule has 0 unspecified atom stereocenters. The lowest BCUT2D eigenvalue weighted by Crippen LogP contribution is -2.36. The molecule has 0 spiro atoms. The van der Waals surface area contributed by atoms with Gasteiger partial charge in [0.1, 0.15) is 0 Å². The molecule has 0 aliphatic heterocycles. The van der Waals surface area contributed by atoms with Crippen LogP contribution in [0, 0.1) is 0 Å². The van der Waals surface area contributed by atoms with Gasteiger partial charge in [0.25, 0.3) is 0 Å². The summed E-state index contributed by atoms with van der Waals surface area (Å²) < 4.78 is 1.16. The summed E-state index contributed by atoms with van der Waals surface area (Å²) in [4.78, 5) is 0. The van der Waals surface area contributed by atoms with Crippen LogP contribution in [-0.4, -0.2) is 12.1 Å². The first kappa shape index (κ1) is 13.7. The second kappa shape index (κ2) is 6.41. The van der Waals surface area contributed by atoms with E-state index in [-0.39, 0.29) is 5.54 Å². The summed E-state index contributed by atoms with van der Waals surface area (Å²) in [6, 6.07) is 8.62. The van der Waals surface area contributed by atoms with Gasteiger partial charge in [0.2, 0.25) is 0 Å². The molecule has 0 saturated heterocycles. The minimum Gasteiger partial charge on any atom is -0.312 e. The van der Waals surface area contributed by atoms with Crippen molar-refractivity contribution >= 4 is 15.9 Å². The van der Waals surface area contributed by atoms with Gasteiger partial charge in [0, 0.05) is 10.0 Å². The molecule has 2 heteroatoms. The normalized spacial score (nSPS) is 11.8. The number of hydrogen-bond donors (Lipinski definition) is 1. The van der Waals surface area contributed by atoms with E-state index in [2.05, 4.69) is 66.3 Å². The van der Waals surface area contributed by atoms with Crippen LogP contribution in [0.2, 0.25) is 0 Å². The quantitative estimate of drug-likeness (QED) is 0.801. The Morgan fingerprint density at radius 1 is 1.06 bits per heavy atom. The van der Waals surface area contributed by atoms with Crippen molar-refractivity contribution < 1.29 is 0 Å². The van der Waals surface area contributed by atoms with E-state index in [9.17, 15) is 0 Å². The Bertz CT molecular complexity index is 298. The van der Waals surface area contributed by atoms with Crippen LogP contribution in [0.25, 0.3) is 0 Å². The Labute approximate surface area is 108 Å². The van der Waals surface area contributed by atoms with Crippen LogP contribution in [0.15, 0.2) is 28.7 Å². The highest BCUT2D eigenvalue weighted by Crippen LogP contribution is 2.12. The summed E-state index contributed by atoms with van der Waals surface area (Å²) in [5.41, 5.74) is 1.68. The fraction of sp³-hybridized carbons (Fsp3) is 0.571. The van der Waals surface area contributed by atoms with Crippen molar-refractivity contribution in [3.8, 4) is 0 Å². The number of hydrogen-bond acceptors (Lipinski definition) is 1. The topological polar surface area (TPSA) is 12.0 Å². The molecule has 0 aromatic heterocycles. The largest absolute Gasteiger partial charge is 0.312 e. The third-order valence-electron chi connectivity index (χ3n) is 2.46. The zero-order valence-electron chi connectivity index (χ0n) is 10.5. The maximum Gasteiger partial charge on any atom is 0.0175 e. The van der Waals surface area contributed by atoms with Crippen LogP contribution in [0.3, 0.4) is 0 Å². The number of nitrogens with one attached hydrogen (secondary N) is 1. The average Bonchev–Trinajstić information content (AvgIpc) is 2.19. The van der Waals surface area contributed by atoms with Gasteiger partial charge >= 0.3 is 0 Å². The molecular weight excluding hydrogens is 262 g/mol. The van der Waals surface area contributed by atoms with E-state index in [1.165, 1.54) is 24.8 Å². The molecule has 0 atom stereocenters. The van der Waals surface area contributed by atoms with Crippen molar-refractivity contribution in [2.45, 2.75) is 45.6 Å². The molecule has 0 amide bonds. The summed E-state index contributed by atoms with van der Waals surface area (Å²) in [6.07, 6.45) is 3.68. The maximum atomic E-state index is 3.51. The van der Waals surface area contributed by atoms with Gasteiger partial charge in [-0.15, -0.1) is 0 Å². The molecule has 0 saturated carbocycles. The molecule has 0 fully saturated rings. The number of unbranched alkanes of at least 4 members (excludes halogenated alkanes) is 1. The first-order valence-corrected chi connectivity index (χ1v) is 6.76. The molecule has 1 aromatic rings. The van der Waals surface area contributed by atoms with Crippen LogP contribution < -0.4 is 5.32 Å². The second-order valence-corrected chi connectivity index (χ2v) is 6.18. The predicted octanol–water partition coefficient (Wildman–Crippen LogP) is 4.16. The van der Waals surface area contributed by atoms with Crippen LogP contribution in [0.1, 0.15) is 39.2 Å². The SMILES string of the molecule is CC(C)(C)NCCCCc1ccc(Br)cc1. The molecule has 0 heterocycles. The molecule has 1 aromatic carbocycles. The van der Waals surface area contributed by atoms with Crippen molar-refractivity contribution in [1.29, 1.82) is 0 Å². The molecule has 90 valence electrons. The minimum atomic E-state index is 0.248. The van der Waals surface area contributed by atoms with Crippen molar-refractivity contribution in [2.75, 3.05) is 6.54 Å². The molecule has 16 heavy (non-hydrogen) atoms. The molecule has 0 aliphatic carbocycles. The van der Waals surface area contributed by atoms with E-state index in [4.69, 9.17) is 0 Å². The van der Waals surface area contributed by atoms with Gasteiger partial charge in [-0.25, -0.2) is 0 Å². The van der Waals surface area contributed by atoms with Crippen molar-refractivity contribution in [1.82, 2.24) is 5.32 Å². The Morgan fingerprint density at radius 3 is 2.25 bits per heavy atom. The third kappa shape index (κ3) is 6.29. The van der Waals surface area contributed by atoms with Gasteiger partial charge in [0.15, 0.2) is 0 Å². The standard InChI is InChI=1S/C14H22BrN/c1-14(2,3)16-11-5-4-6-12-7-9-13(15)10-8-12/h7-10,16H,4-6,11H2,1-3H3. The zero-order chi connectivity index (χ0) is 12.0. The van der Waals surface area contributed by atoms with E-state index in [0.29, 0.717) is 0 Å². The number of aryl methyl sites for hydroxylation is 1. The third-order valence-corrected chi connectivity index (χ3v) is 2.99. The zero-order valence-corrected chi connectivity index (χ0v) is 12.1. The van der Waals surface area contributed by atoms with Crippen LogP contribution in [0.4, 0.5) is 0 Å². The average molecular weight is 284 g/mol. The molecule has 0 aliphatic rings. The fourth-order valence-corrected chi connectivity index (χ4v) is 1.83. The molecule has 1 rings (SSSR count). The van der Waals surface area contributed by atoms with E-state index < -0.39 is 0 Å². The van der Waals surface area contributed by atoms with E-state index in [1.54, 1.807) is 0 Å². The van der Waals surface area contributed by atoms with Gasteiger partial charge in [-0.3, -0.25) is 0 Å². The molecule has 0 bridgehead atoms. The summed E-state index contributed by atoms with van der Waals surface area (Å²) in [5.74, 6) is 0. The van der Waals surface area contributed by atoms with Gasteiger partial charge < -0.3 is 5.32 Å². The molecule has 1 nitrogen and oxygen atoms in total. The monoisotopic (exact) mass is 283 g/mol. The number of halogens is 1. The van der Waals surface area contributed by atoms with Crippen LogP contribution in [-0.2, 0) is 6.42 Å².